The SMILES string of the molecule is CC(C)N[C@H]1CCn2c(=O)[nH]c3cccc(c32)C1=O. The predicted molar refractivity (Wildman–Crippen MR) is 73.6 cm³/mol. The maximum atomic E-state index is 12.6. The molecule has 2 heterocycles. The number of ketones is 1. The highest BCUT2D eigenvalue weighted by Crippen LogP contribution is 2.22. The molecular weight excluding hydrogens is 242 g/mol. The number of aryl methyl sites for hydroxylation is 1. The van der Waals surface area contributed by atoms with Gasteiger partial charge in [0.15, 0.2) is 5.78 Å². The minimum Gasteiger partial charge on any atom is -0.306 e. The van der Waals surface area contributed by atoms with Gasteiger partial charge in [-0.3, -0.25) is 9.36 Å². The zero-order valence-electron chi connectivity index (χ0n) is 11.1. The Morgan fingerprint density at radius 2 is 2.16 bits per heavy atom. The summed E-state index contributed by atoms with van der Waals surface area (Å²) in [5, 5.41) is 3.28. The van der Waals surface area contributed by atoms with Gasteiger partial charge in [0.1, 0.15) is 0 Å². The van der Waals surface area contributed by atoms with Gasteiger partial charge in [0.2, 0.25) is 0 Å². The zero-order chi connectivity index (χ0) is 13.6. The largest absolute Gasteiger partial charge is 0.326 e. The second-order valence-corrected chi connectivity index (χ2v) is 5.31. The molecule has 1 aromatic carbocycles. The van der Waals surface area contributed by atoms with Crippen LogP contribution in [0.5, 0.6) is 0 Å². The molecule has 1 atom stereocenters. The average Bonchev–Trinajstić information content (AvgIpc) is 2.61. The Kier molecular flexibility index (Phi) is 2.78. The molecule has 5 nitrogen and oxygen atoms in total. The molecule has 0 bridgehead atoms. The van der Waals surface area contributed by atoms with Crippen LogP contribution >= 0.6 is 0 Å². The van der Waals surface area contributed by atoms with Crippen LogP contribution in [0.2, 0.25) is 0 Å². The molecule has 0 amide bonds. The summed E-state index contributed by atoms with van der Waals surface area (Å²) in [6.07, 6.45) is 0.637. The van der Waals surface area contributed by atoms with Gasteiger partial charge in [0.05, 0.1) is 17.1 Å². The van der Waals surface area contributed by atoms with E-state index in [0.29, 0.717) is 18.5 Å². The van der Waals surface area contributed by atoms with Crippen LogP contribution in [0.25, 0.3) is 11.0 Å². The molecule has 0 spiro atoms. The number of hydrogen-bond acceptors (Lipinski definition) is 3. The molecule has 2 N–H and O–H groups in total. The summed E-state index contributed by atoms with van der Waals surface area (Å²) >= 11 is 0. The molecule has 0 fully saturated rings. The summed E-state index contributed by atoms with van der Waals surface area (Å²) in [6, 6.07) is 5.47. The highest BCUT2D eigenvalue weighted by atomic mass is 16.1. The first-order valence-electron chi connectivity index (χ1n) is 6.59. The van der Waals surface area contributed by atoms with Crippen LogP contribution in [-0.4, -0.2) is 27.4 Å². The zero-order valence-corrected chi connectivity index (χ0v) is 11.1. The Morgan fingerprint density at radius 3 is 2.89 bits per heavy atom. The first kappa shape index (κ1) is 12.2. The molecule has 2 aromatic rings. The molecule has 0 saturated carbocycles. The van der Waals surface area contributed by atoms with Crippen molar-refractivity contribution in [3.8, 4) is 0 Å². The topological polar surface area (TPSA) is 66.9 Å². The first-order chi connectivity index (χ1) is 9.08. The van der Waals surface area contributed by atoms with E-state index in [0.717, 1.165) is 11.0 Å². The van der Waals surface area contributed by atoms with Gasteiger partial charge in [-0.15, -0.1) is 0 Å². The van der Waals surface area contributed by atoms with Crippen LogP contribution in [0, 0.1) is 0 Å². The average molecular weight is 259 g/mol. The number of Topliss-reactive ketones (excluding diaryl/α,β-unsaturated/α-hetero) is 1. The predicted octanol–water partition coefficient (Wildman–Crippen LogP) is 1.28. The maximum Gasteiger partial charge on any atom is 0.326 e. The van der Waals surface area contributed by atoms with Gasteiger partial charge >= 0.3 is 5.69 Å². The molecule has 0 saturated heterocycles. The van der Waals surface area contributed by atoms with Gasteiger partial charge in [-0.05, 0) is 18.6 Å². The summed E-state index contributed by atoms with van der Waals surface area (Å²) in [5.74, 6) is 0.0737. The third-order valence-electron chi connectivity index (χ3n) is 3.55. The van der Waals surface area contributed by atoms with E-state index in [4.69, 9.17) is 0 Å². The highest BCUT2D eigenvalue weighted by molar-refractivity contribution is 6.09. The summed E-state index contributed by atoms with van der Waals surface area (Å²) in [4.78, 5) is 27.3. The fourth-order valence-electron chi connectivity index (χ4n) is 2.77. The normalized spacial score (nSPS) is 19.1. The van der Waals surface area contributed by atoms with Crippen molar-refractivity contribution >= 4 is 16.8 Å². The first-order valence-corrected chi connectivity index (χ1v) is 6.59. The van der Waals surface area contributed by atoms with Crippen LogP contribution in [0.3, 0.4) is 0 Å². The number of rotatable bonds is 2. The van der Waals surface area contributed by atoms with Gasteiger partial charge in [0.25, 0.3) is 0 Å². The number of nitrogens with zero attached hydrogens (tertiary/aromatic N) is 1. The van der Waals surface area contributed by atoms with Crippen molar-refractivity contribution < 1.29 is 4.79 Å². The van der Waals surface area contributed by atoms with Gasteiger partial charge in [0, 0.05) is 18.2 Å². The fraction of sp³-hybridized carbons (Fsp3) is 0.429. The molecule has 0 aliphatic carbocycles. The number of nitrogens with one attached hydrogen (secondary N) is 2. The van der Waals surface area contributed by atoms with Crippen molar-refractivity contribution in [2.75, 3.05) is 0 Å². The van der Waals surface area contributed by atoms with Crippen LogP contribution in [-0.2, 0) is 6.54 Å². The summed E-state index contributed by atoms with van der Waals surface area (Å²) in [7, 11) is 0. The lowest BCUT2D eigenvalue weighted by Gasteiger charge is -2.18. The molecule has 0 radical (unpaired) electrons. The Labute approximate surface area is 110 Å². The van der Waals surface area contributed by atoms with Crippen molar-refractivity contribution in [2.45, 2.75) is 38.9 Å². The molecule has 1 aliphatic rings. The van der Waals surface area contributed by atoms with Gasteiger partial charge in [-0.2, -0.15) is 0 Å². The quantitative estimate of drug-likeness (QED) is 0.853. The molecule has 5 heteroatoms. The number of para-hydroxylation sites is 1. The minimum atomic E-state index is -0.218. The van der Waals surface area contributed by atoms with Crippen LogP contribution in [0.4, 0.5) is 0 Å². The van der Waals surface area contributed by atoms with E-state index in [-0.39, 0.29) is 23.6 Å². The molecule has 0 unspecified atom stereocenters. The Morgan fingerprint density at radius 1 is 1.37 bits per heavy atom. The summed E-state index contributed by atoms with van der Waals surface area (Å²) < 4.78 is 1.67. The van der Waals surface area contributed by atoms with Crippen molar-refractivity contribution in [1.82, 2.24) is 14.9 Å². The minimum absolute atomic E-state index is 0.0737. The lowest BCUT2D eigenvalue weighted by molar-refractivity contribution is 0.0935. The second-order valence-electron chi connectivity index (χ2n) is 5.31. The van der Waals surface area contributed by atoms with E-state index < -0.39 is 0 Å². The Bertz CT molecular complexity index is 696. The summed E-state index contributed by atoms with van der Waals surface area (Å²) in [5.41, 5.74) is 1.97. The van der Waals surface area contributed by atoms with Crippen molar-refractivity contribution in [3.63, 3.8) is 0 Å². The Balaban J connectivity index is 2.17. The van der Waals surface area contributed by atoms with E-state index in [1.807, 2.05) is 26.0 Å². The van der Waals surface area contributed by atoms with Crippen molar-refractivity contribution in [1.29, 1.82) is 0 Å². The Hall–Kier alpha value is -1.88. The van der Waals surface area contributed by atoms with Gasteiger partial charge in [-0.1, -0.05) is 19.9 Å². The number of carbonyl (C=O) groups excluding carboxylic acids is 1. The molecule has 100 valence electrons. The van der Waals surface area contributed by atoms with Crippen molar-refractivity contribution in [3.05, 3.63) is 34.2 Å². The molecule has 19 heavy (non-hydrogen) atoms. The van der Waals surface area contributed by atoms with Crippen LogP contribution in [0.1, 0.15) is 30.6 Å². The molecule has 3 rings (SSSR count). The van der Waals surface area contributed by atoms with Crippen LogP contribution < -0.4 is 11.0 Å². The molecular formula is C14H17N3O2. The number of aromatic nitrogens is 2. The lowest BCUT2D eigenvalue weighted by Crippen LogP contribution is -2.41. The number of benzene rings is 1. The van der Waals surface area contributed by atoms with E-state index in [1.54, 1.807) is 10.6 Å². The number of imidazole rings is 1. The van der Waals surface area contributed by atoms with Gasteiger partial charge in [-0.25, -0.2) is 4.79 Å². The van der Waals surface area contributed by atoms with Crippen molar-refractivity contribution in [2.24, 2.45) is 0 Å². The van der Waals surface area contributed by atoms with Crippen LogP contribution in [0.15, 0.2) is 23.0 Å². The standard InChI is InChI=1S/C14H17N3O2/c1-8(2)15-11-6-7-17-12-9(13(11)18)4-3-5-10(12)16-14(17)19/h3-5,8,11,15H,6-7H2,1-2H3,(H,16,19)/t11-/m0/s1. The third-order valence-corrected chi connectivity index (χ3v) is 3.55. The highest BCUT2D eigenvalue weighted by Gasteiger charge is 2.27. The maximum absolute atomic E-state index is 12.6. The third kappa shape index (κ3) is 1.90. The molecule has 1 aliphatic heterocycles. The fourth-order valence-corrected chi connectivity index (χ4v) is 2.77. The number of aromatic amines is 1. The number of hydrogen-bond donors (Lipinski definition) is 2. The van der Waals surface area contributed by atoms with E-state index in [1.165, 1.54) is 0 Å². The monoisotopic (exact) mass is 259 g/mol. The second kappa shape index (κ2) is 4.35. The smallest absolute Gasteiger partial charge is 0.306 e. The number of carbonyl (C=O) groups is 1. The molecule has 1 aromatic heterocycles. The summed E-state index contributed by atoms with van der Waals surface area (Å²) in [6.45, 7) is 4.60. The lowest BCUT2D eigenvalue weighted by atomic mass is 10.0. The van der Waals surface area contributed by atoms with E-state index >= 15 is 0 Å². The van der Waals surface area contributed by atoms with E-state index in [9.17, 15) is 9.59 Å². The number of H-pyrrole nitrogens is 1. The van der Waals surface area contributed by atoms with Gasteiger partial charge < -0.3 is 10.3 Å². The van der Waals surface area contributed by atoms with E-state index in [2.05, 4.69) is 10.3 Å².